The molecule has 0 aliphatic carbocycles. The Kier molecular flexibility index (Phi) is 7.44. The van der Waals surface area contributed by atoms with Crippen LogP contribution in [-0.4, -0.2) is 35.8 Å². The van der Waals surface area contributed by atoms with Gasteiger partial charge in [-0.05, 0) is 73.5 Å². The number of nitrogens with zero attached hydrogens (tertiary/aromatic N) is 1. The molecule has 34 heavy (non-hydrogen) atoms. The number of urea groups is 1. The Morgan fingerprint density at radius 1 is 0.765 bits per heavy atom. The Labute approximate surface area is 203 Å². The lowest BCUT2D eigenvalue weighted by Crippen LogP contribution is -2.43. The van der Waals surface area contributed by atoms with Crippen molar-refractivity contribution in [1.29, 1.82) is 0 Å². The highest BCUT2D eigenvalue weighted by molar-refractivity contribution is 6.30. The topological polar surface area (TPSA) is 90.5 Å². The molecule has 4 rings (SSSR count). The molecular weight excluding hydrogens is 452 g/mol. The van der Waals surface area contributed by atoms with Gasteiger partial charge in [0.2, 0.25) is 5.91 Å². The molecule has 8 heteroatoms. The van der Waals surface area contributed by atoms with E-state index in [1.807, 2.05) is 18.2 Å². The van der Waals surface area contributed by atoms with Crippen molar-refractivity contribution in [2.75, 3.05) is 29.0 Å². The zero-order chi connectivity index (χ0) is 23.9. The van der Waals surface area contributed by atoms with Gasteiger partial charge >= 0.3 is 6.03 Å². The predicted octanol–water partition coefficient (Wildman–Crippen LogP) is 5.47. The fourth-order valence-corrected chi connectivity index (χ4v) is 3.97. The fourth-order valence-electron chi connectivity index (χ4n) is 3.85. The summed E-state index contributed by atoms with van der Waals surface area (Å²) < 4.78 is 0. The molecule has 0 spiro atoms. The van der Waals surface area contributed by atoms with E-state index in [0.717, 1.165) is 12.8 Å². The molecule has 3 N–H and O–H groups in total. The van der Waals surface area contributed by atoms with Crippen LogP contribution in [0.1, 0.15) is 23.2 Å². The molecule has 3 aromatic carbocycles. The van der Waals surface area contributed by atoms with Crippen molar-refractivity contribution in [2.45, 2.75) is 12.8 Å². The van der Waals surface area contributed by atoms with Crippen LogP contribution in [0, 0.1) is 5.92 Å². The van der Waals surface area contributed by atoms with Crippen LogP contribution in [0.5, 0.6) is 0 Å². The van der Waals surface area contributed by atoms with Crippen molar-refractivity contribution in [3.8, 4) is 0 Å². The van der Waals surface area contributed by atoms with Crippen LogP contribution in [0.15, 0.2) is 78.9 Å². The summed E-state index contributed by atoms with van der Waals surface area (Å²) in [6, 6.07) is 22.5. The van der Waals surface area contributed by atoms with Crippen LogP contribution in [0.4, 0.5) is 21.9 Å². The van der Waals surface area contributed by atoms with Crippen LogP contribution in [0.2, 0.25) is 5.02 Å². The summed E-state index contributed by atoms with van der Waals surface area (Å²) >= 11 is 5.91. The molecule has 1 aliphatic heterocycles. The van der Waals surface area contributed by atoms with Crippen LogP contribution < -0.4 is 16.0 Å². The monoisotopic (exact) mass is 476 g/mol. The number of carbonyl (C=O) groups excluding carboxylic acids is 3. The van der Waals surface area contributed by atoms with Gasteiger partial charge < -0.3 is 20.9 Å². The van der Waals surface area contributed by atoms with Crippen molar-refractivity contribution in [1.82, 2.24) is 4.90 Å². The van der Waals surface area contributed by atoms with Crippen molar-refractivity contribution in [3.05, 3.63) is 89.4 Å². The number of piperidine rings is 1. The summed E-state index contributed by atoms with van der Waals surface area (Å²) in [5, 5.41) is 9.00. The van der Waals surface area contributed by atoms with Crippen molar-refractivity contribution in [3.63, 3.8) is 0 Å². The largest absolute Gasteiger partial charge is 0.338 e. The number of hydrogen-bond acceptors (Lipinski definition) is 3. The van der Waals surface area contributed by atoms with Gasteiger partial charge in [0.1, 0.15) is 0 Å². The highest BCUT2D eigenvalue weighted by Gasteiger charge is 2.29. The number of nitrogens with one attached hydrogen (secondary N) is 3. The lowest BCUT2D eigenvalue weighted by molar-refractivity contribution is -0.121. The van der Waals surface area contributed by atoms with E-state index in [-0.39, 0.29) is 23.8 Å². The number of hydrogen-bond donors (Lipinski definition) is 3. The van der Waals surface area contributed by atoms with Gasteiger partial charge in [0.05, 0.1) is 5.92 Å². The number of anilines is 3. The predicted molar refractivity (Wildman–Crippen MR) is 134 cm³/mol. The quantitative estimate of drug-likeness (QED) is 0.455. The SMILES string of the molecule is O=C(Nc1ccccc1)Nc1ccc(NC(=O)C2CCCN(C(=O)c3ccc(Cl)cc3)C2)cc1. The molecule has 0 saturated carbocycles. The number of para-hydroxylation sites is 1. The molecule has 1 saturated heterocycles. The summed E-state index contributed by atoms with van der Waals surface area (Å²) in [7, 11) is 0. The van der Waals surface area contributed by atoms with Crippen LogP contribution in [0.3, 0.4) is 0 Å². The smallest absolute Gasteiger partial charge is 0.323 e. The van der Waals surface area contributed by atoms with Crippen molar-refractivity contribution < 1.29 is 14.4 Å². The molecule has 174 valence electrons. The van der Waals surface area contributed by atoms with E-state index in [1.54, 1.807) is 65.6 Å². The Balaban J connectivity index is 1.30. The van der Waals surface area contributed by atoms with E-state index in [2.05, 4.69) is 16.0 Å². The fraction of sp³-hybridized carbons (Fsp3) is 0.192. The highest BCUT2D eigenvalue weighted by atomic mass is 35.5. The number of rotatable bonds is 5. The molecule has 1 fully saturated rings. The highest BCUT2D eigenvalue weighted by Crippen LogP contribution is 2.22. The number of benzene rings is 3. The molecule has 3 aromatic rings. The molecule has 1 aliphatic rings. The zero-order valence-electron chi connectivity index (χ0n) is 18.5. The first kappa shape index (κ1) is 23.3. The van der Waals surface area contributed by atoms with E-state index >= 15 is 0 Å². The maximum absolute atomic E-state index is 12.8. The van der Waals surface area contributed by atoms with Gasteiger partial charge in [0.25, 0.3) is 5.91 Å². The number of amides is 4. The maximum Gasteiger partial charge on any atom is 0.323 e. The average molecular weight is 477 g/mol. The lowest BCUT2D eigenvalue weighted by Gasteiger charge is -2.32. The van der Waals surface area contributed by atoms with Gasteiger partial charge in [-0.1, -0.05) is 29.8 Å². The molecule has 1 atom stereocenters. The zero-order valence-corrected chi connectivity index (χ0v) is 19.2. The third-order valence-electron chi connectivity index (χ3n) is 5.61. The van der Waals surface area contributed by atoms with Crippen molar-refractivity contribution in [2.24, 2.45) is 5.92 Å². The van der Waals surface area contributed by atoms with E-state index < -0.39 is 0 Å². The molecule has 1 unspecified atom stereocenters. The second-order valence-electron chi connectivity index (χ2n) is 8.11. The van der Waals surface area contributed by atoms with Gasteiger partial charge in [-0.25, -0.2) is 4.79 Å². The summed E-state index contributed by atoms with van der Waals surface area (Å²) in [5.41, 5.74) is 2.48. The van der Waals surface area contributed by atoms with E-state index in [0.29, 0.717) is 40.7 Å². The first-order chi connectivity index (χ1) is 16.5. The Morgan fingerprint density at radius 3 is 2.00 bits per heavy atom. The minimum atomic E-state index is -0.351. The molecule has 4 amide bonds. The van der Waals surface area contributed by atoms with Gasteiger partial charge in [-0.3, -0.25) is 9.59 Å². The van der Waals surface area contributed by atoms with Crippen LogP contribution in [-0.2, 0) is 4.79 Å². The third kappa shape index (κ3) is 6.14. The lowest BCUT2D eigenvalue weighted by atomic mass is 9.96. The summed E-state index contributed by atoms with van der Waals surface area (Å²) in [6.45, 7) is 0.989. The Morgan fingerprint density at radius 2 is 1.35 bits per heavy atom. The molecule has 1 heterocycles. The normalized spacial score (nSPS) is 15.3. The van der Waals surface area contributed by atoms with Gasteiger partial charge in [-0.15, -0.1) is 0 Å². The molecule has 0 aromatic heterocycles. The maximum atomic E-state index is 12.8. The number of halogens is 1. The van der Waals surface area contributed by atoms with E-state index in [4.69, 9.17) is 11.6 Å². The second-order valence-corrected chi connectivity index (χ2v) is 8.55. The summed E-state index contributed by atoms with van der Waals surface area (Å²) in [4.78, 5) is 39.5. The van der Waals surface area contributed by atoms with Crippen molar-refractivity contribution >= 4 is 46.5 Å². The van der Waals surface area contributed by atoms with E-state index in [1.165, 1.54) is 0 Å². The standard InChI is InChI=1S/C26H25ClN4O3/c27-20-10-8-18(9-11-20)25(33)31-16-4-5-19(17-31)24(32)28-22-12-14-23(15-13-22)30-26(34)29-21-6-2-1-3-7-21/h1-3,6-15,19H,4-5,16-17H2,(H,28,32)(H2,29,30,34). The number of likely N-dealkylation sites (tertiary alicyclic amines) is 1. The Hall–Kier alpha value is -3.84. The molecule has 7 nitrogen and oxygen atoms in total. The minimum absolute atomic E-state index is 0.0987. The minimum Gasteiger partial charge on any atom is -0.338 e. The second kappa shape index (κ2) is 10.9. The Bertz CT molecular complexity index is 1150. The van der Waals surface area contributed by atoms with Gasteiger partial charge in [-0.2, -0.15) is 0 Å². The van der Waals surface area contributed by atoms with Gasteiger partial charge in [0.15, 0.2) is 0 Å². The first-order valence-corrected chi connectivity index (χ1v) is 11.4. The summed E-state index contributed by atoms with van der Waals surface area (Å²) in [5.74, 6) is -0.519. The number of carbonyl (C=O) groups is 3. The van der Waals surface area contributed by atoms with E-state index in [9.17, 15) is 14.4 Å². The van der Waals surface area contributed by atoms with Gasteiger partial charge in [0, 0.05) is 40.7 Å². The molecular formula is C26H25ClN4O3. The van der Waals surface area contributed by atoms with Crippen LogP contribution >= 0.6 is 11.6 Å². The molecule has 0 bridgehead atoms. The summed E-state index contributed by atoms with van der Waals surface area (Å²) in [6.07, 6.45) is 1.48. The third-order valence-corrected chi connectivity index (χ3v) is 5.86. The first-order valence-electron chi connectivity index (χ1n) is 11.1. The molecule has 0 radical (unpaired) electrons. The van der Waals surface area contributed by atoms with Crippen LogP contribution in [0.25, 0.3) is 0 Å². The average Bonchev–Trinajstić information content (AvgIpc) is 2.86.